The molecule has 5 nitrogen and oxygen atoms in total. The molecule has 3 heterocycles. The van der Waals surface area contributed by atoms with Crippen molar-refractivity contribution in [1.29, 1.82) is 5.26 Å². The van der Waals surface area contributed by atoms with Crippen LogP contribution in [0.4, 0.5) is 11.4 Å². The number of benzene rings is 8. The van der Waals surface area contributed by atoms with Crippen molar-refractivity contribution >= 4 is 38.9 Å². The van der Waals surface area contributed by atoms with Crippen LogP contribution in [-0.4, -0.2) is 16.5 Å². The molecule has 62 heavy (non-hydrogen) atoms. The summed E-state index contributed by atoms with van der Waals surface area (Å²) in [7, 11) is 2.14. The fraction of sp³-hybridized carbons (Fsp3) is 0.105. The Morgan fingerprint density at radius 2 is 1.13 bits per heavy atom. The van der Waals surface area contributed by atoms with E-state index in [1.165, 1.54) is 27.4 Å². The zero-order chi connectivity index (χ0) is 42.0. The van der Waals surface area contributed by atoms with Crippen LogP contribution in [0.1, 0.15) is 53.9 Å². The van der Waals surface area contributed by atoms with Gasteiger partial charge in [-0.25, -0.2) is 0 Å². The number of fused-ring (bicyclic) bond motifs is 6. The largest absolute Gasteiger partial charge is 0.364 e. The van der Waals surface area contributed by atoms with E-state index in [2.05, 4.69) is 217 Å². The molecule has 2 atom stereocenters. The van der Waals surface area contributed by atoms with Gasteiger partial charge in [0.05, 0.1) is 40.1 Å². The number of rotatable bonds is 6. The highest BCUT2D eigenvalue weighted by Gasteiger charge is 2.39. The first-order valence-electron chi connectivity index (χ1n) is 21.4. The van der Waals surface area contributed by atoms with Gasteiger partial charge in [-0.2, -0.15) is 5.26 Å². The van der Waals surface area contributed by atoms with E-state index in [0.29, 0.717) is 5.57 Å². The van der Waals surface area contributed by atoms with E-state index in [0.717, 1.165) is 67.2 Å². The maximum atomic E-state index is 10.9. The van der Waals surface area contributed by atoms with Gasteiger partial charge in [0.1, 0.15) is 6.17 Å². The van der Waals surface area contributed by atoms with Gasteiger partial charge in [-0.05, 0) is 70.8 Å². The minimum atomic E-state index is -0.317. The van der Waals surface area contributed by atoms with Gasteiger partial charge < -0.3 is 15.2 Å². The predicted molar refractivity (Wildman–Crippen MR) is 255 cm³/mol. The highest BCUT2D eigenvalue weighted by molar-refractivity contribution is 6.13. The van der Waals surface area contributed by atoms with Crippen LogP contribution in [0.2, 0.25) is 0 Å². The van der Waals surface area contributed by atoms with E-state index < -0.39 is 0 Å². The molecular weight excluding hydrogens is 755 g/mol. The summed E-state index contributed by atoms with van der Waals surface area (Å²) in [6.45, 7) is 4.74. The Hall–Kier alpha value is -7.65. The van der Waals surface area contributed by atoms with E-state index >= 15 is 0 Å². The van der Waals surface area contributed by atoms with Gasteiger partial charge in [0.25, 0.3) is 0 Å². The molecule has 2 N–H and O–H groups in total. The zero-order valence-electron chi connectivity index (χ0n) is 35.0. The zero-order valence-corrected chi connectivity index (χ0v) is 35.0. The van der Waals surface area contributed by atoms with Gasteiger partial charge in [0.15, 0.2) is 0 Å². The standard InChI is InChI=1S/C57H45N5/c1-57(2)47-29-17-18-30-48(47)59-49-33-32-43-42-28-16-19-31-50(42)62(55(43)51(49)57)54-44(37-20-8-4-9-21-37)34-41(35-45(54)38-22-10-5-11-23-38)56-60-52(39-24-12-6-13-25-39)46(36-58)53(61(56)3)40-26-14-7-15-27-40/h4-35,53,56,59-60H,1-3H3. The summed E-state index contributed by atoms with van der Waals surface area (Å²) in [5.74, 6) is 0. The van der Waals surface area contributed by atoms with Crippen LogP contribution in [0.5, 0.6) is 0 Å². The highest BCUT2D eigenvalue weighted by Crippen LogP contribution is 2.52. The average molecular weight is 800 g/mol. The second-order valence-corrected chi connectivity index (χ2v) is 17.0. The van der Waals surface area contributed by atoms with Gasteiger partial charge >= 0.3 is 0 Å². The lowest BCUT2D eigenvalue weighted by Gasteiger charge is -2.42. The second kappa shape index (κ2) is 14.8. The Kier molecular flexibility index (Phi) is 8.93. The van der Waals surface area contributed by atoms with Crippen molar-refractivity contribution in [1.82, 2.24) is 14.8 Å². The van der Waals surface area contributed by atoms with Gasteiger partial charge in [-0.3, -0.25) is 4.90 Å². The van der Waals surface area contributed by atoms with Gasteiger partial charge in [0, 0.05) is 44.3 Å². The lowest BCUT2D eigenvalue weighted by Crippen LogP contribution is -2.43. The molecule has 0 fully saturated rings. The van der Waals surface area contributed by atoms with E-state index in [1.807, 2.05) is 24.3 Å². The molecular formula is C57H45N5. The number of likely N-dealkylation sites (N-methyl/N-ethyl adjacent to an activating group) is 1. The molecule has 11 rings (SSSR count). The number of para-hydroxylation sites is 2. The van der Waals surface area contributed by atoms with Crippen molar-refractivity contribution in [3.8, 4) is 34.0 Å². The lowest BCUT2D eigenvalue weighted by atomic mass is 9.73. The van der Waals surface area contributed by atoms with Crippen molar-refractivity contribution in [2.45, 2.75) is 31.5 Å². The number of hydrogen-bond donors (Lipinski definition) is 2. The van der Waals surface area contributed by atoms with E-state index in [-0.39, 0.29) is 17.6 Å². The third kappa shape index (κ3) is 5.87. The maximum absolute atomic E-state index is 10.9. The Morgan fingerprint density at radius 3 is 1.77 bits per heavy atom. The molecule has 2 unspecified atom stereocenters. The molecule has 0 spiro atoms. The van der Waals surface area contributed by atoms with Crippen LogP contribution in [0.25, 0.3) is 55.4 Å². The van der Waals surface area contributed by atoms with E-state index in [4.69, 9.17) is 0 Å². The van der Waals surface area contributed by atoms with E-state index in [1.54, 1.807) is 0 Å². The molecule has 0 saturated heterocycles. The SMILES string of the molecule is CN1C(c2cc(-c3ccccc3)c(-n3c4ccccc4c4ccc5c(c43)C(C)(C)c3ccccc3N5)c(-c3ccccc3)c2)NC(c2ccccc2)=C(C#N)C1c1ccccc1. The highest BCUT2D eigenvalue weighted by atomic mass is 15.3. The Bertz CT molecular complexity index is 3170. The summed E-state index contributed by atoms with van der Waals surface area (Å²) in [6.07, 6.45) is -0.294. The van der Waals surface area contributed by atoms with Gasteiger partial charge in [-0.1, -0.05) is 178 Å². The summed E-state index contributed by atoms with van der Waals surface area (Å²) < 4.78 is 2.56. The summed E-state index contributed by atoms with van der Waals surface area (Å²) >= 11 is 0. The lowest BCUT2D eigenvalue weighted by molar-refractivity contribution is 0.171. The molecule has 9 aromatic rings. The summed E-state index contributed by atoms with van der Waals surface area (Å²) in [5.41, 5.74) is 17.1. The van der Waals surface area contributed by atoms with Crippen molar-refractivity contribution in [2.75, 3.05) is 12.4 Å². The average Bonchev–Trinajstić information content (AvgIpc) is 3.65. The van der Waals surface area contributed by atoms with Crippen LogP contribution in [-0.2, 0) is 5.41 Å². The Morgan fingerprint density at radius 1 is 0.565 bits per heavy atom. The maximum Gasteiger partial charge on any atom is 0.106 e. The van der Waals surface area contributed by atoms with Crippen molar-refractivity contribution in [2.24, 2.45) is 0 Å². The molecule has 0 radical (unpaired) electrons. The quantitative estimate of drug-likeness (QED) is 0.176. The molecule has 0 aliphatic carbocycles. The summed E-state index contributed by atoms with van der Waals surface area (Å²) in [5, 5.41) is 21.1. The normalized spacial score (nSPS) is 16.9. The molecule has 298 valence electrons. The Labute approximate surface area is 362 Å². The smallest absolute Gasteiger partial charge is 0.106 e. The number of aromatic nitrogens is 1. The molecule has 5 heteroatoms. The van der Waals surface area contributed by atoms with Crippen LogP contribution < -0.4 is 10.6 Å². The number of nitrogens with one attached hydrogen (secondary N) is 2. The molecule has 0 amide bonds. The van der Waals surface area contributed by atoms with E-state index in [9.17, 15) is 5.26 Å². The first kappa shape index (κ1) is 37.4. The van der Waals surface area contributed by atoms with Crippen LogP contribution >= 0.6 is 0 Å². The number of nitriles is 1. The number of nitrogens with zero attached hydrogens (tertiary/aromatic N) is 3. The van der Waals surface area contributed by atoms with Crippen LogP contribution in [0, 0.1) is 11.3 Å². The van der Waals surface area contributed by atoms with Crippen molar-refractivity contribution < 1.29 is 0 Å². The number of anilines is 2. The first-order chi connectivity index (χ1) is 30.4. The van der Waals surface area contributed by atoms with Gasteiger partial charge in [0.2, 0.25) is 0 Å². The molecule has 2 aliphatic rings. The molecule has 0 saturated carbocycles. The topological polar surface area (TPSA) is 56.0 Å². The Balaban J connectivity index is 1.24. The molecule has 0 bridgehead atoms. The summed E-state index contributed by atoms with van der Waals surface area (Å²) in [6, 6.07) is 71.7. The minimum absolute atomic E-state index is 0.288. The second-order valence-electron chi connectivity index (χ2n) is 17.0. The minimum Gasteiger partial charge on any atom is -0.364 e. The van der Waals surface area contributed by atoms with Crippen molar-refractivity contribution in [3.05, 3.63) is 228 Å². The fourth-order valence-electron chi connectivity index (χ4n) is 10.3. The molecule has 1 aromatic heterocycles. The molecule has 2 aliphatic heterocycles. The van der Waals surface area contributed by atoms with Crippen LogP contribution in [0.3, 0.4) is 0 Å². The molecule has 8 aromatic carbocycles. The third-order valence-corrected chi connectivity index (χ3v) is 13.1. The first-order valence-corrected chi connectivity index (χ1v) is 21.4. The van der Waals surface area contributed by atoms with Gasteiger partial charge in [-0.15, -0.1) is 0 Å². The third-order valence-electron chi connectivity index (χ3n) is 13.1. The monoisotopic (exact) mass is 799 g/mol. The van der Waals surface area contributed by atoms with Crippen LogP contribution in [0.15, 0.2) is 200 Å². The van der Waals surface area contributed by atoms with Crippen molar-refractivity contribution in [3.63, 3.8) is 0 Å². The number of hydrogen-bond acceptors (Lipinski definition) is 4. The predicted octanol–water partition coefficient (Wildman–Crippen LogP) is 13.7. The summed E-state index contributed by atoms with van der Waals surface area (Å²) in [4.78, 5) is 2.32. The fourth-order valence-corrected chi connectivity index (χ4v) is 10.3.